The SMILES string of the molecule is CCOC(=O)c1ccc(NC(=O)COc2ccc([N+](=O)[O-])cc2)cc1. The highest BCUT2D eigenvalue weighted by Gasteiger charge is 2.09. The predicted molar refractivity (Wildman–Crippen MR) is 89.6 cm³/mol. The van der Waals surface area contributed by atoms with Gasteiger partial charge in [0, 0.05) is 17.8 Å². The second kappa shape index (κ2) is 8.44. The molecule has 25 heavy (non-hydrogen) atoms. The van der Waals surface area contributed by atoms with Crippen LogP contribution in [0.1, 0.15) is 17.3 Å². The molecule has 0 heterocycles. The van der Waals surface area contributed by atoms with Crippen molar-refractivity contribution in [3.63, 3.8) is 0 Å². The van der Waals surface area contributed by atoms with Crippen molar-refractivity contribution in [2.45, 2.75) is 6.92 Å². The van der Waals surface area contributed by atoms with Gasteiger partial charge in [-0.2, -0.15) is 0 Å². The number of benzene rings is 2. The smallest absolute Gasteiger partial charge is 0.338 e. The number of rotatable bonds is 7. The van der Waals surface area contributed by atoms with Crippen molar-refractivity contribution in [3.05, 3.63) is 64.2 Å². The van der Waals surface area contributed by atoms with Crippen molar-refractivity contribution in [2.24, 2.45) is 0 Å². The molecule has 2 rings (SSSR count). The number of nitro benzene ring substituents is 1. The maximum Gasteiger partial charge on any atom is 0.338 e. The molecule has 0 saturated carbocycles. The molecule has 8 nitrogen and oxygen atoms in total. The monoisotopic (exact) mass is 344 g/mol. The molecule has 8 heteroatoms. The molecule has 0 fully saturated rings. The molecule has 0 aromatic heterocycles. The summed E-state index contributed by atoms with van der Waals surface area (Å²) >= 11 is 0. The van der Waals surface area contributed by atoms with Gasteiger partial charge in [0.1, 0.15) is 5.75 Å². The van der Waals surface area contributed by atoms with Crippen LogP contribution in [0.25, 0.3) is 0 Å². The van der Waals surface area contributed by atoms with Crippen LogP contribution in [-0.2, 0) is 9.53 Å². The number of nitro groups is 1. The maximum atomic E-state index is 11.8. The summed E-state index contributed by atoms with van der Waals surface area (Å²) in [5.41, 5.74) is 0.839. The molecule has 0 aliphatic carbocycles. The predicted octanol–water partition coefficient (Wildman–Crippen LogP) is 2.79. The molecule has 0 aliphatic rings. The van der Waals surface area contributed by atoms with E-state index in [9.17, 15) is 19.7 Å². The summed E-state index contributed by atoms with van der Waals surface area (Å²) in [7, 11) is 0. The standard InChI is InChI=1S/C17H16N2O6/c1-2-24-17(21)12-3-5-13(6-4-12)18-16(20)11-25-15-9-7-14(8-10-15)19(22)23/h3-10H,2,11H2,1H3,(H,18,20). The Morgan fingerprint density at radius 1 is 1.08 bits per heavy atom. The Bertz CT molecular complexity index is 756. The number of nitrogens with zero attached hydrogens (tertiary/aromatic N) is 1. The van der Waals surface area contributed by atoms with Crippen LogP contribution in [0.4, 0.5) is 11.4 Å². The Labute approximate surface area is 143 Å². The van der Waals surface area contributed by atoms with Crippen LogP contribution in [0.3, 0.4) is 0 Å². The summed E-state index contributed by atoms with van der Waals surface area (Å²) in [6, 6.07) is 11.7. The molecule has 2 aromatic rings. The fourth-order valence-corrected chi connectivity index (χ4v) is 1.91. The summed E-state index contributed by atoms with van der Waals surface area (Å²) in [5, 5.41) is 13.2. The van der Waals surface area contributed by atoms with E-state index in [0.717, 1.165) is 0 Å². The topological polar surface area (TPSA) is 108 Å². The molecule has 0 spiro atoms. The lowest BCUT2D eigenvalue weighted by Crippen LogP contribution is -2.20. The minimum Gasteiger partial charge on any atom is -0.484 e. The molecule has 1 amide bonds. The van der Waals surface area contributed by atoms with Crippen molar-refractivity contribution >= 4 is 23.3 Å². The number of hydrogen-bond donors (Lipinski definition) is 1. The first-order valence-corrected chi connectivity index (χ1v) is 7.44. The number of hydrogen-bond acceptors (Lipinski definition) is 6. The van der Waals surface area contributed by atoms with Crippen LogP contribution in [0.15, 0.2) is 48.5 Å². The number of ether oxygens (including phenoxy) is 2. The average molecular weight is 344 g/mol. The van der Waals surface area contributed by atoms with E-state index in [0.29, 0.717) is 17.0 Å². The second-order valence-electron chi connectivity index (χ2n) is 4.89. The Morgan fingerprint density at radius 2 is 1.72 bits per heavy atom. The second-order valence-corrected chi connectivity index (χ2v) is 4.89. The highest BCUT2D eigenvalue weighted by Crippen LogP contribution is 2.17. The number of carbonyl (C=O) groups excluding carboxylic acids is 2. The van der Waals surface area contributed by atoms with Crippen LogP contribution in [0, 0.1) is 10.1 Å². The number of amides is 1. The lowest BCUT2D eigenvalue weighted by Gasteiger charge is -2.08. The maximum absolute atomic E-state index is 11.8. The number of nitrogens with one attached hydrogen (secondary N) is 1. The summed E-state index contributed by atoms with van der Waals surface area (Å²) in [6.07, 6.45) is 0. The summed E-state index contributed by atoms with van der Waals surface area (Å²) in [4.78, 5) is 33.4. The van der Waals surface area contributed by atoms with E-state index in [-0.39, 0.29) is 18.9 Å². The van der Waals surface area contributed by atoms with Gasteiger partial charge in [0.15, 0.2) is 6.61 Å². The molecule has 0 radical (unpaired) electrons. The van der Waals surface area contributed by atoms with E-state index in [1.54, 1.807) is 31.2 Å². The third-order valence-electron chi connectivity index (χ3n) is 3.10. The van der Waals surface area contributed by atoms with Gasteiger partial charge in [0.2, 0.25) is 0 Å². The lowest BCUT2D eigenvalue weighted by atomic mass is 10.2. The minimum atomic E-state index is -0.517. The first kappa shape index (κ1) is 17.9. The van der Waals surface area contributed by atoms with E-state index in [1.165, 1.54) is 24.3 Å². The van der Waals surface area contributed by atoms with Gasteiger partial charge < -0.3 is 14.8 Å². The van der Waals surface area contributed by atoms with Crippen LogP contribution in [0.5, 0.6) is 5.75 Å². The first-order chi connectivity index (χ1) is 12.0. The molecule has 2 aromatic carbocycles. The zero-order valence-electron chi connectivity index (χ0n) is 13.4. The largest absolute Gasteiger partial charge is 0.484 e. The van der Waals surface area contributed by atoms with Gasteiger partial charge in [-0.05, 0) is 43.3 Å². The van der Waals surface area contributed by atoms with Crippen molar-refractivity contribution in [1.82, 2.24) is 0 Å². The average Bonchev–Trinajstić information content (AvgIpc) is 2.61. The summed E-state index contributed by atoms with van der Waals surface area (Å²) < 4.78 is 10.1. The number of non-ortho nitro benzene ring substituents is 1. The Balaban J connectivity index is 1.85. The summed E-state index contributed by atoms with van der Waals surface area (Å²) in [6.45, 7) is 1.76. The molecule has 0 aliphatic heterocycles. The number of esters is 1. The van der Waals surface area contributed by atoms with Crippen molar-refractivity contribution in [3.8, 4) is 5.75 Å². The van der Waals surface area contributed by atoms with Gasteiger partial charge in [-0.1, -0.05) is 0 Å². The molecule has 0 atom stereocenters. The van der Waals surface area contributed by atoms with Gasteiger partial charge in [0.25, 0.3) is 11.6 Å². The third kappa shape index (κ3) is 5.31. The van der Waals surface area contributed by atoms with Crippen molar-refractivity contribution in [1.29, 1.82) is 0 Å². The third-order valence-corrected chi connectivity index (χ3v) is 3.10. The minimum absolute atomic E-state index is 0.0570. The van der Waals surface area contributed by atoms with E-state index in [2.05, 4.69) is 5.32 Å². The Hall–Kier alpha value is -3.42. The van der Waals surface area contributed by atoms with Gasteiger partial charge in [-0.3, -0.25) is 14.9 Å². The van der Waals surface area contributed by atoms with Crippen LogP contribution in [-0.4, -0.2) is 30.0 Å². The molecular formula is C17H16N2O6. The fraction of sp³-hybridized carbons (Fsp3) is 0.176. The quantitative estimate of drug-likeness (QED) is 0.470. The number of carbonyl (C=O) groups is 2. The van der Waals surface area contributed by atoms with Gasteiger partial charge in [-0.15, -0.1) is 0 Å². The molecule has 0 unspecified atom stereocenters. The van der Waals surface area contributed by atoms with Crippen LogP contribution >= 0.6 is 0 Å². The van der Waals surface area contributed by atoms with Gasteiger partial charge >= 0.3 is 5.97 Å². The molecule has 0 saturated heterocycles. The number of anilines is 1. The lowest BCUT2D eigenvalue weighted by molar-refractivity contribution is -0.384. The van der Waals surface area contributed by atoms with E-state index < -0.39 is 16.8 Å². The van der Waals surface area contributed by atoms with Crippen molar-refractivity contribution in [2.75, 3.05) is 18.5 Å². The van der Waals surface area contributed by atoms with Gasteiger partial charge in [0.05, 0.1) is 17.1 Å². The molecule has 1 N–H and O–H groups in total. The van der Waals surface area contributed by atoms with Crippen LogP contribution < -0.4 is 10.1 Å². The van der Waals surface area contributed by atoms with Crippen LogP contribution in [0.2, 0.25) is 0 Å². The fourth-order valence-electron chi connectivity index (χ4n) is 1.91. The molecule has 130 valence electrons. The highest BCUT2D eigenvalue weighted by atomic mass is 16.6. The van der Waals surface area contributed by atoms with E-state index >= 15 is 0 Å². The zero-order chi connectivity index (χ0) is 18.2. The zero-order valence-corrected chi connectivity index (χ0v) is 13.4. The Morgan fingerprint density at radius 3 is 2.28 bits per heavy atom. The van der Waals surface area contributed by atoms with E-state index in [4.69, 9.17) is 9.47 Å². The normalized spacial score (nSPS) is 9.96. The highest BCUT2D eigenvalue weighted by molar-refractivity contribution is 5.93. The van der Waals surface area contributed by atoms with E-state index in [1.807, 2.05) is 0 Å². The summed E-state index contributed by atoms with van der Waals surface area (Å²) in [5.74, 6) is -0.484. The Kier molecular flexibility index (Phi) is 6.05. The van der Waals surface area contributed by atoms with Gasteiger partial charge in [-0.25, -0.2) is 4.79 Å². The first-order valence-electron chi connectivity index (χ1n) is 7.44. The van der Waals surface area contributed by atoms with Crippen molar-refractivity contribution < 1.29 is 24.0 Å². The molecular weight excluding hydrogens is 328 g/mol. The molecule has 0 bridgehead atoms.